The van der Waals surface area contributed by atoms with Crippen LogP contribution in [0.15, 0.2) is 18.2 Å². The minimum absolute atomic E-state index is 0.0499. The van der Waals surface area contributed by atoms with E-state index in [0.717, 1.165) is 5.69 Å². The van der Waals surface area contributed by atoms with E-state index in [2.05, 4.69) is 0 Å². The Balaban J connectivity index is 2.32. The Morgan fingerprint density at radius 2 is 2.35 bits per heavy atom. The Kier molecular flexibility index (Phi) is 2.93. The van der Waals surface area contributed by atoms with E-state index in [4.69, 9.17) is 5.26 Å². The molecule has 1 aromatic rings. The molecule has 6 heteroatoms. The zero-order valence-electron chi connectivity index (χ0n) is 9.04. The molecule has 1 atom stereocenters. The number of nitro groups is 1. The van der Waals surface area contributed by atoms with Crippen molar-refractivity contribution in [1.82, 2.24) is 0 Å². The molecule has 1 fully saturated rings. The van der Waals surface area contributed by atoms with E-state index in [-0.39, 0.29) is 17.4 Å². The van der Waals surface area contributed by atoms with Gasteiger partial charge < -0.3 is 10.0 Å². The fraction of sp³-hybridized carbons (Fsp3) is 0.364. The molecule has 1 saturated heterocycles. The van der Waals surface area contributed by atoms with Gasteiger partial charge in [-0.15, -0.1) is 0 Å². The van der Waals surface area contributed by atoms with Crippen molar-refractivity contribution >= 4 is 11.4 Å². The van der Waals surface area contributed by atoms with Crippen molar-refractivity contribution in [3.05, 3.63) is 33.9 Å². The topological polar surface area (TPSA) is 90.4 Å². The minimum Gasteiger partial charge on any atom is -0.391 e. The van der Waals surface area contributed by atoms with Gasteiger partial charge in [0.25, 0.3) is 5.69 Å². The second-order valence-electron chi connectivity index (χ2n) is 3.96. The van der Waals surface area contributed by atoms with Crippen molar-refractivity contribution < 1.29 is 10.0 Å². The first kappa shape index (κ1) is 11.4. The van der Waals surface area contributed by atoms with Gasteiger partial charge in [-0.2, -0.15) is 5.26 Å². The number of anilines is 1. The average molecular weight is 233 g/mol. The molecule has 1 aliphatic heterocycles. The predicted molar refractivity (Wildman–Crippen MR) is 60.6 cm³/mol. The van der Waals surface area contributed by atoms with Crippen LogP contribution >= 0.6 is 0 Å². The third kappa shape index (κ3) is 2.19. The molecule has 88 valence electrons. The van der Waals surface area contributed by atoms with Gasteiger partial charge in [-0.05, 0) is 18.6 Å². The van der Waals surface area contributed by atoms with Gasteiger partial charge in [0.05, 0.1) is 11.0 Å². The van der Waals surface area contributed by atoms with E-state index in [9.17, 15) is 15.2 Å². The maximum atomic E-state index is 10.7. The maximum Gasteiger partial charge on any atom is 0.287 e. The van der Waals surface area contributed by atoms with E-state index in [1.807, 2.05) is 11.0 Å². The lowest BCUT2D eigenvalue weighted by Crippen LogP contribution is -2.21. The molecule has 0 radical (unpaired) electrons. The lowest BCUT2D eigenvalue weighted by Gasteiger charge is -2.17. The Morgan fingerprint density at radius 3 is 2.88 bits per heavy atom. The van der Waals surface area contributed by atoms with Crippen LogP contribution in [0.5, 0.6) is 0 Å². The van der Waals surface area contributed by atoms with Gasteiger partial charge >= 0.3 is 0 Å². The third-order valence-corrected chi connectivity index (χ3v) is 2.83. The molecule has 17 heavy (non-hydrogen) atoms. The fourth-order valence-corrected chi connectivity index (χ4v) is 1.95. The van der Waals surface area contributed by atoms with Crippen LogP contribution in [0.1, 0.15) is 12.0 Å². The van der Waals surface area contributed by atoms with Crippen LogP contribution < -0.4 is 4.90 Å². The highest BCUT2D eigenvalue weighted by atomic mass is 16.6. The normalized spacial score (nSPS) is 19.1. The number of hydrogen-bond donors (Lipinski definition) is 1. The number of nitrogens with zero attached hydrogens (tertiary/aromatic N) is 3. The Labute approximate surface area is 97.8 Å². The standard InChI is InChI=1S/C11H11N3O3/c12-6-8-5-9(1-2-11(8)14(16)17)13-4-3-10(15)7-13/h1-2,5,10,15H,3-4,7H2. The molecule has 1 N–H and O–H groups in total. The summed E-state index contributed by atoms with van der Waals surface area (Å²) < 4.78 is 0. The third-order valence-electron chi connectivity index (χ3n) is 2.83. The SMILES string of the molecule is N#Cc1cc(N2CCC(O)C2)ccc1[N+](=O)[O-]. The molecule has 1 aromatic carbocycles. The van der Waals surface area contributed by atoms with Crippen molar-refractivity contribution in [3.63, 3.8) is 0 Å². The lowest BCUT2D eigenvalue weighted by molar-refractivity contribution is -0.385. The molecule has 1 aliphatic rings. The predicted octanol–water partition coefficient (Wildman–Crippen LogP) is 1.04. The second-order valence-corrected chi connectivity index (χ2v) is 3.96. The van der Waals surface area contributed by atoms with E-state index in [0.29, 0.717) is 19.5 Å². The number of rotatable bonds is 2. The van der Waals surface area contributed by atoms with Crippen molar-refractivity contribution in [1.29, 1.82) is 5.26 Å². The maximum absolute atomic E-state index is 10.7. The molecular weight excluding hydrogens is 222 g/mol. The van der Waals surface area contributed by atoms with Crippen LogP contribution in [0.4, 0.5) is 11.4 Å². The van der Waals surface area contributed by atoms with Crippen LogP contribution in [0, 0.1) is 21.4 Å². The zero-order chi connectivity index (χ0) is 12.4. The Hall–Kier alpha value is -2.13. The summed E-state index contributed by atoms with van der Waals surface area (Å²) >= 11 is 0. The number of aliphatic hydroxyl groups excluding tert-OH is 1. The van der Waals surface area contributed by atoms with Crippen LogP contribution in [0.25, 0.3) is 0 Å². The smallest absolute Gasteiger partial charge is 0.287 e. The molecule has 0 bridgehead atoms. The van der Waals surface area contributed by atoms with Crippen molar-refractivity contribution in [2.45, 2.75) is 12.5 Å². The van der Waals surface area contributed by atoms with Gasteiger partial charge in [-0.1, -0.05) is 0 Å². The van der Waals surface area contributed by atoms with E-state index >= 15 is 0 Å². The molecule has 2 rings (SSSR count). The number of nitro benzene ring substituents is 1. The minimum atomic E-state index is -0.568. The van der Waals surface area contributed by atoms with Crippen molar-refractivity contribution in [3.8, 4) is 6.07 Å². The fourth-order valence-electron chi connectivity index (χ4n) is 1.95. The summed E-state index contributed by atoms with van der Waals surface area (Å²) in [5, 5.41) is 28.9. The highest BCUT2D eigenvalue weighted by molar-refractivity contribution is 5.60. The first-order chi connectivity index (χ1) is 8.11. The summed E-state index contributed by atoms with van der Waals surface area (Å²) in [5.41, 5.74) is 0.605. The molecular formula is C11H11N3O3. The van der Waals surface area contributed by atoms with Crippen molar-refractivity contribution in [2.75, 3.05) is 18.0 Å². The second kappa shape index (κ2) is 4.39. The summed E-state index contributed by atoms with van der Waals surface area (Å²) in [4.78, 5) is 12.0. The number of nitriles is 1. The van der Waals surface area contributed by atoms with Crippen LogP contribution in [0.2, 0.25) is 0 Å². The Morgan fingerprint density at radius 1 is 1.59 bits per heavy atom. The van der Waals surface area contributed by atoms with E-state index < -0.39 is 4.92 Å². The molecule has 0 aromatic heterocycles. The van der Waals surface area contributed by atoms with Crippen LogP contribution in [-0.4, -0.2) is 29.2 Å². The summed E-state index contributed by atoms with van der Waals surface area (Å²) in [5.74, 6) is 0. The average Bonchev–Trinajstić information content (AvgIpc) is 2.75. The van der Waals surface area contributed by atoms with Gasteiger partial charge in [0.2, 0.25) is 0 Å². The van der Waals surface area contributed by atoms with Gasteiger partial charge in [0.15, 0.2) is 0 Å². The summed E-state index contributed by atoms with van der Waals surface area (Å²) in [6, 6.07) is 6.26. The first-order valence-corrected chi connectivity index (χ1v) is 5.23. The molecule has 1 unspecified atom stereocenters. The van der Waals surface area contributed by atoms with E-state index in [1.54, 1.807) is 6.07 Å². The monoisotopic (exact) mass is 233 g/mol. The largest absolute Gasteiger partial charge is 0.391 e. The van der Waals surface area contributed by atoms with Crippen molar-refractivity contribution in [2.24, 2.45) is 0 Å². The summed E-state index contributed by atoms with van der Waals surface area (Å²) in [6.45, 7) is 1.20. The molecule has 1 heterocycles. The number of benzene rings is 1. The zero-order valence-corrected chi connectivity index (χ0v) is 9.04. The number of β-amino-alcohol motifs (C(OH)–C–C–N with tert-alkyl or cyclic N) is 1. The van der Waals surface area contributed by atoms with Gasteiger partial charge in [-0.25, -0.2) is 0 Å². The molecule has 0 saturated carbocycles. The highest BCUT2D eigenvalue weighted by Crippen LogP contribution is 2.26. The van der Waals surface area contributed by atoms with Gasteiger partial charge in [-0.3, -0.25) is 10.1 Å². The molecule has 0 amide bonds. The van der Waals surface area contributed by atoms with E-state index in [1.165, 1.54) is 12.1 Å². The molecule has 0 aliphatic carbocycles. The summed E-state index contributed by atoms with van der Waals surface area (Å²) in [7, 11) is 0. The van der Waals surface area contributed by atoms with Crippen LogP contribution in [-0.2, 0) is 0 Å². The first-order valence-electron chi connectivity index (χ1n) is 5.23. The highest BCUT2D eigenvalue weighted by Gasteiger charge is 2.22. The lowest BCUT2D eigenvalue weighted by atomic mass is 10.1. The Bertz CT molecular complexity index is 495. The molecule has 0 spiro atoms. The van der Waals surface area contributed by atoms with Gasteiger partial charge in [0.1, 0.15) is 11.6 Å². The molecule has 6 nitrogen and oxygen atoms in total. The number of aliphatic hydroxyl groups is 1. The number of hydrogen-bond acceptors (Lipinski definition) is 5. The van der Waals surface area contributed by atoms with Crippen LogP contribution in [0.3, 0.4) is 0 Å². The quantitative estimate of drug-likeness (QED) is 0.608. The summed E-state index contributed by atoms with van der Waals surface area (Å²) in [6.07, 6.45) is 0.314. The van der Waals surface area contributed by atoms with Gasteiger partial charge in [0, 0.05) is 24.8 Å².